The molecule has 3 rings (SSSR count). The Balaban J connectivity index is 1.54. The van der Waals surface area contributed by atoms with E-state index in [0.717, 1.165) is 18.7 Å². The lowest BCUT2D eigenvalue weighted by Gasteiger charge is -2.08. The summed E-state index contributed by atoms with van der Waals surface area (Å²) in [7, 11) is 1.91. The molecule has 27 heavy (non-hydrogen) atoms. The van der Waals surface area contributed by atoms with E-state index in [4.69, 9.17) is 23.2 Å². The number of hydrogen-bond acceptors (Lipinski definition) is 4. The van der Waals surface area contributed by atoms with Crippen molar-refractivity contribution in [2.75, 3.05) is 11.1 Å². The lowest BCUT2D eigenvalue weighted by molar-refractivity contribution is -0.113. The molecule has 1 amide bonds. The molecule has 8 heteroatoms. The maximum atomic E-state index is 12.2. The number of aromatic nitrogens is 3. The minimum Gasteiger partial charge on any atom is -0.324 e. The van der Waals surface area contributed by atoms with Crippen molar-refractivity contribution in [3.63, 3.8) is 0 Å². The molecule has 0 aliphatic rings. The van der Waals surface area contributed by atoms with Crippen LogP contribution < -0.4 is 5.32 Å². The highest BCUT2D eigenvalue weighted by Gasteiger charge is 2.13. The van der Waals surface area contributed by atoms with Crippen LogP contribution in [0.25, 0.3) is 0 Å². The van der Waals surface area contributed by atoms with E-state index in [0.29, 0.717) is 20.9 Å². The summed E-state index contributed by atoms with van der Waals surface area (Å²) in [6.45, 7) is 0. The number of halogens is 2. The summed E-state index contributed by atoms with van der Waals surface area (Å²) < 4.78 is 1.92. The largest absolute Gasteiger partial charge is 0.324 e. The second-order valence-corrected chi connectivity index (χ2v) is 7.61. The van der Waals surface area contributed by atoms with Gasteiger partial charge in [0.25, 0.3) is 0 Å². The standard InChI is InChI=1S/C19H18Cl2N4OS/c1-25-16(11-10-13-6-3-2-4-7-13)23-24-19(25)27-12-17(26)22-15-9-5-8-14(20)18(15)21/h2-9H,10-12H2,1H3,(H,22,26). The molecule has 1 N–H and O–H groups in total. The third kappa shape index (κ3) is 5.25. The fourth-order valence-corrected chi connectivity index (χ4v) is 3.58. The van der Waals surface area contributed by atoms with E-state index in [2.05, 4.69) is 27.6 Å². The zero-order chi connectivity index (χ0) is 19.2. The van der Waals surface area contributed by atoms with Gasteiger partial charge in [-0.15, -0.1) is 10.2 Å². The zero-order valence-electron chi connectivity index (χ0n) is 14.7. The van der Waals surface area contributed by atoms with Crippen LogP contribution in [0.4, 0.5) is 5.69 Å². The van der Waals surface area contributed by atoms with E-state index in [1.807, 2.05) is 29.8 Å². The Bertz CT molecular complexity index is 931. The fraction of sp³-hybridized carbons (Fsp3) is 0.211. The average Bonchev–Trinajstić information content (AvgIpc) is 3.03. The molecule has 0 bridgehead atoms. The SMILES string of the molecule is Cn1c(CCc2ccccc2)nnc1SCC(=O)Nc1cccc(Cl)c1Cl. The van der Waals surface area contributed by atoms with Crippen LogP contribution in [0, 0.1) is 0 Å². The van der Waals surface area contributed by atoms with Crippen molar-refractivity contribution >= 4 is 46.6 Å². The van der Waals surface area contributed by atoms with Crippen molar-refractivity contribution in [3.8, 4) is 0 Å². The van der Waals surface area contributed by atoms with E-state index in [9.17, 15) is 4.79 Å². The summed E-state index contributed by atoms with van der Waals surface area (Å²) in [6, 6.07) is 15.4. The summed E-state index contributed by atoms with van der Waals surface area (Å²) in [5, 5.41) is 12.6. The van der Waals surface area contributed by atoms with Crippen molar-refractivity contribution in [1.29, 1.82) is 0 Å². The van der Waals surface area contributed by atoms with Crippen LogP contribution in [0.3, 0.4) is 0 Å². The van der Waals surface area contributed by atoms with Gasteiger partial charge in [0, 0.05) is 13.5 Å². The Morgan fingerprint density at radius 3 is 2.63 bits per heavy atom. The van der Waals surface area contributed by atoms with E-state index in [-0.39, 0.29) is 11.7 Å². The molecule has 2 aromatic carbocycles. The Labute approximate surface area is 172 Å². The summed E-state index contributed by atoms with van der Waals surface area (Å²) >= 11 is 13.4. The Hall–Kier alpha value is -2.02. The molecule has 1 heterocycles. The third-order valence-electron chi connectivity index (χ3n) is 3.96. The second-order valence-electron chi connectivity index (χ2n) is 5.88. The molecule has 0 saturated heterocycles. The van der Waals surface area contributed by atoms with Crippen molar-refractivity contribution < 1.29 is 4.79 Å². The molecule has 0 unspecified atom stereocenters. The summed E-state index contributed by atoms with van der Waals surface area (Å²) in [5.41, 5.74) is 1.75. The zero-order valence-corrected chi connectivity index (χ0v) is 17.0. The van der Waals surface area contributed by atoms with Gasteiger partial charge in [-0.2, -0.15) is 0 Å². The summed E-state index contributed by atoms with van der Waals surface area (Å²) in [5.74, 6) is 0.908. The van der Waals surface area contributed by atoms with Crippen LogP contribution in [0.15, 0.2) is 53.7 Å². The molecule has 5 nitrogen and oxygen atoms in total. The van der Waals surface area contributed by atoms with Crippen molar-refractivity contribution in [2.24, 2.45) is 7.05 Å². The van der Waals surface area contributed by atoms with Crippen molar-refractivity contribution in [3.05, 3.63) is 70.0 Å². The van der Waals surface area contributed by atoms with Gasteiger partial charge >= 0.3 is 0 Å². The van der Waals surface area contributed by atoms with Gasteiger partial charge in [-0.05, 0) is 24.1 Å². The topological polar surface area (TPSA) is 59.8 Å². The van der Waals surface area contributed by atoms with Crippen molar-refractivity contribution in [2.45, 2.75) is 18.0 Å². The minimum absolute atomic E-state index is 0.182. The van der Waals surface area contributed by atoms with Gasteiger partial charge in [-0.25, -0.2) is 0 Å². The number of amides is 1. The van der Waals surface area contributed by atoms with Gasteiger partial charge < -0.3 is 9.88 Å². The monoisotopic (exact) mass is 420 g/mol. The van der Waals surface area contributed by atoms with Gasteiger partial charge in [-0.1, -0.05) is 71.4 Å². The van der Waals surface area contributed by atoms with E-state index < -0.39 is 0 Å². The Morgan fingerprint density at radius 1 is 1.07 bits per heavy atom. The van der Waals surface area contributed by atoms with E-state index >= 15 is 0 Å². The summed E-state index contributed by atoms with van der Waals surface area (Å²) in [6.07, 6.45) is 1.68. The predicted molar refractivity (Wildman–Crippen MR) is 111 cm³/mol. The van der Waals surface area contributed by atoms with Gasteiger partial charge in [0.15, 0.2) is 5.16 Å². The van der Waals surface area contributed by atoms with Gasteiger partial charge in [0.1, 0.15) is 5.82 Å². The van der Waals surface area contributed by atoms with Crippen molar-refractivity contribution in [1.82, 2.24) is 14.8 Å². The number of anilines is 1. The maximum Gasteiger partial charge on any atom is 0.234 e. The van der Waals surface area contributed by atoms with Crippen LogP contribution in [-0.4, -0.2) is 26.4 Å². The quantitative estimate of drug-likeness (QED) is 0.565. The second kappa shape index (κ2) is 9.26. The normalized spacial score (nSPS) is 10.8. The molecular formula is C19H18Cl2N4OS. The number of carbonyl (C=O) groups excluding carboxylic acids is 1. The van der Waals surface area contributed by atoms with Gasteiger partial charge in [-0.3, -0.25) is 4.79 Å². The number of nitrogens with zero attached hydrogens (tertiary/aromatic N) is 3. The minimum atomic E-state index is -0.182. The molecule has 3 aromatic rings. The molecule has 0 spiro atoms. The molecule has 0 fully saturated rings. The fourth-order valence-electron chi connectivity index (χ4n) is 2.51. The lowest BCUT2D eigenvalue weighted by Crippen LogP contribution is -2.15. The number of nitrogens with one attached hydrogen (secondary N) is 1. The Kier molecular flexibility index (Phi) is 6.77. The molecular weight excluding hydrogens is 403 g/mol. The molecule has 0 saturated carbocycles. The first-order chi connectivity index (χ1) is 13.0. The molecule has 1 aromatic heterocycles. The van der Waals surface area contributed by atoms with Crippen LogP contribution >= 0.6 is 35.0 Å². The third-order valence-corrected chi connectivity index (χ3v) is 5.80. The predicted octanol–water partition coefficient (Wildman–Crippen LogP) is 4.64. The first kappa shape index (κ1) is 19.7. The van der Waals surface area contributed by atoms with Crippen LogP contribution in [0.2, 0.25) is 10.0 Å². The lowest BCUT2D eigenvalue weighted by atomic mass is 10.1. The molecule has 0 atom stereocenters. The number of thioether (sulfide) groups is 1. The number of benzene rings is 2. The highest BCUT2D eigenvalue weighted by atomic mass is 35.5. The maximum absolute atomic E-state index is 12.2. The molecule has 140 valence electrons. The smallest absolute Gasteiger partial charge is 0.234 e. The summed E-state index contributed by atoms with van der Waals surface area (Å²) in [4.78, 5) is 12.2. The van der Waals surface area contributed by atoms with Gasteiger partial charge in [0.2, 0.25) is 5.91 Å². The van der Waals surface area contributed by atoms with E-state index in [1.54, 1.807) is 18.2 Å². The first-order valence-electron chi connectivity index (χ1n) is 8.33. The molecule has 0 aliphatic heterocycles. The number of carbonyl (C=O) groups is 1. The average molecular weight is 421 g/mol. The van der Waals surface area contributed by atoms with Crippen LogP contribution in [0.1, 0.15) is 11.4 Å². The highest BCUT2D eigenvalue weighted by Crippen LogP contribution is 2.29. The highest BCUT2D eigenvalue weighted by molar-refractivity contribution is 7.99. The molecule has 0 radical (unpaired) electrons. The van der Waals surface area contributed by atoms with Crippen LogP contribution in [-0.2, 0) is 24.7 Å². The Morgan fingerprint density at radius 2 is 1.85 bits per heavy atom. The first-order valence-corrected chi connectivity index (χ1v) is 10.1. The van der Waals surface area contributed by atoms with Crippen LogP contribution in [0.5, 0.6) is 0 Å². The van der Waals surface area contributed by atoms with E-state index in [1.165, 1.54) is 17.3 Å². The number of rotatable bonds is 7. The van der Waals surface area contributed by atoms with Gasteiger partial charge in [0.05, 0.1) is 21.5 Å². The molecule has 0 aliphatic carbocycles. The number of aryl methyl sites for hydroxylation is 2. The number of hydrogen-bond donors (Lipinski definition) is 1.